The van der Waals surface area contributed by atoms with Gasteiger partial charge in [0.15, 0.2) is 11.5 Å². The molecule has 0 aliphatic carbocycles. The molecular weight excluding hydrogens is 230 g/mol. The number of anilines is 1. The van der Waals surface area contributed by atoms with Gasteiger partial charge in [-0.15, -0.1) is 0 Å². The SMILES string of the molecule is Nc1ncnc2nc(CCC3CCCCO3)[nH]c12. The van der Waals surface area contributed by atoms with Gasteiger partial charge in [0.2, 0.25) is 0 Å². The number of aryl methyl sites for hydroxylation is 1. The Morgan fingerprint density at radius 1 is 1.39 bits per heavy atom. The summed E-state index contributed by atoms with van der Waals surface area (Å²) in [7, 11) is 0. The summed E-state index contributed by atoms with van der Waals surface area (Å²) in [4.78, 5) is 15.6. The maximum atomic E-state index is 5.76. The fraction of sp³-hybridized carbons (Fsp3) is 0.583. The van der Waals surface area contributed by atoms with Crippen molar-refractivity contribution in [2.75, 3.05) is 12.3 Å². The number of nitrogen functional groups attached to an aromatic ring is 1. The Morgan fingerprint density at radius 2 is 2.33 bits per heavy atom. The van der Waals surface area contributed by atoms with Crippen molar-refractivity contribution in [1.82, 2.24) is 19.9 Å². The first-order chi connectivity index (χ1) is 8.83. The normalized spacial score (nSPS) is 20.3. The van der Waals surface area contributed by atoms with Crippen molar-refractivity contribution in [3.8, 4) is 0 Å². The van der Waals surface area contributed by atoms with E-state index in [0.717, 1.165) is 37.2 Å². The molecule has 3 N–H and O–H groups in total. The molecule has 1 aliphatic rings. The van der Waals surface area contributed by atoms with E-state index in [4.69, 9.17) is 10.5 Å². The number of ether oxygens (including phenoxy) is 1. The van der Waals surface area contributed by atoms with Gasteiger partial charge in [0.05, 0.1) is 6.10 Å². The lowest BCUT2D eigenvalue weighted by Gasteiger charge is -2.21. The van der Waals surface area contributed by atoms with Gasteiger partial charge in [0.25, 0.3) is 0 Å². The first-order valence-electron chi connectivity index (χ1n) is 6.39. The Balaban J connectivity index is 1.69. The second kappa shape index (κ2) is 4.89. The van der Waals surface area contributed by atoms with E-state index in [9.17, 15) is 0 Å². The standard InChI is InChI=1S/C12H17N5O/c13-11-10-12(15-7-14-11)17-9(16-10)5-4-8-3-1-2-6-18-8/h7-8H,1-6H2,(H3,13,14,15,16,17). The molecule has 0 bridgehead atoms. The highest BCUT2D eigenvalue weighted by atomic mass is 16.5. The van der Waals surface area contributed by atoms with E-state index in [0.29, 0.717) is 17.6 Å². The number of imidazole rings is 1. The molecular formula is C12H17N5O. The third kappa shape index (κ3) is 2.28. The molecule has 0 amide bonds. The molecule has 0 spiro atoms. The summed E-state index contributed by atoms with van der Waals surface area (Å²) >= 11 is 0. The summed E-state index contributed by atoms with van der Waals surface area (Å²) in [5, 5.41) is 0. The average Bonchev–Trinajstić information content (AvgIpc) is 2.82. The summed E-state index contributed by atoms with van der Waals surface area (Å²) in [6.45, 7) is 0.892. The molecule has 3 heterocycles. The molecule has 18 heavy (non-hydrogen) atoms. The van der Waals surface area contributed by atoms with Gasteiger partial charge in [0, 0.05) is 13.0 Å². The summed E-state index contributed by atoms with van der Waals surface area (Å²) < 4.78 is 5.70. The fourth-order valence-electron chi connectivity index (χ4n) is 2.35. The van der Waals surface area contributed by atoms with Crippen LogP contribution in [0.25, 0.3) is 11.2 Å². The second-order valence-corrected chi connectivity index (χ2v) is 4.67. The van der Waals surface area contributed by atoms with Crippen LogP contribution in [0.15, 0.2) is 6.33 Å². The molecule has 6 nitrogen and oxygen atoms in total. The van der Waals surface area contributed by atoms with E-state index in [1.165, 1.54) is 19.2 Å². The number of hydrogen-bond donors (Lipinski definition) is 2. The maximum Gasteiger partial charge on any atom is 0.183 e. The lowest BCUT2D eigenvalue weighted by Crippen LogP contribution is -2.19. The Kier molecular flexibility index (Phi) is 3.10. The van der Waals surface area contributed by atoms with Gasteiger partial charge in [-0.1, -0.05) is 0 Å². The minimum absolute atomic E-state index is 0.371. The molecule has 1 aliphatic heterocycles. The van der Waals surface area contributed by atoms with E-state index in [1.807, 2.05) is 0 Å². The number of nitrogens with two attached hydrogens (primary N) is 1. The number of aromatic amines is 1. The molecule has 1 fully saturated rings. The van der Waals surface area contributed by atoms with Gasteiger partial charge in [-0.25, -0.2) is 15.0 Å². The summed E-state index contributed by atoms with van der Waals surface area (Å²) in [6.07, 6.45) is 7.27. The number of H-pyrrole nitrogens is 1. The number of fused-ring (bicyclic) bond motifs is 1. The van der Waals surface area contributed by atoms with Crippen LogP contribution < -0.4 is 5.73 Å². The number of aromatic nitrogens is 4. The van der Waals surface area contributed by atoms with Crippen LogP contribution in [-0.4, -0.2) is 32.6 Å². The first kappa shape index (κ1) is 11.4. The van der Waals surface area contributed by atoms with Gasteiger partial charge in [-0.2, -0.15) is 0 Å². The fourth-order valence-corrected chi connectivity index (χ4v) is 2.35. The van der Waals surface area contributed by atoms with E-state index < -0.39 is 0 Å². The third-order valence-corrected chi connectivity index (χ3v) is 3.34. The van der Waals surface area contributed by atoms with E-state index in [-0.39, 0.29) is 0 Å². The van der Waals surface area contributed by atoms with Gasteiger partial charge < -0.3 is 15.5 Å². The van der Waals surface area contributed by atoms with E-state index in [2.05, 4.69) is 19.9 Å². The van der Waals surface area contributed by atoms with Gasteiger partial charge in [-0.05, 0) is 25.7 Å². The predicted octanol–water partition coefficient (Wildman–Crippen LogP) is 1.44. The topological polar surface area (TPSA) is 89.7 Å². The lowest BCUT2D eigenvalue weighted by atomic mass is 10.0. The summed E-state index contributed by atoms with van der Waals surface area (Å²) in [6, 6.07) is 0. The Morgan fingerprint density at radius 3 is 3.11 bits per heavy atom. The van der Waals surface area contributed by atoms with Crippen molar-refractivity contribution in [2.24, 2.45) is 0 Å². The zero-order valence-electron chi connectivity index (χ0n) is 10.2. The van der Waals surface area contributed by atoms with Crippen LogP contribution >= 0.6 is 0 Å². The summed E-state index contributed by atoms with van der Waals surface area (Å²) in [5.41, 5.74) is 7.14. The molecule has 1 unspecified atom stereocenters. The van der Waals surface area contributed by atoms with Crippen LogP contribution in [-0.2, 0) is 11.2 Å². The molecule has 1 atom stereocenters. The maximum absolute atomic E-state index is 5.76. The highest BCUT2D eigenvalue weighted by Crippen LogP contribution is 2.19. The molecule has 2 aromatic rings. The first-order valence-corrected chi connectivity index (χ1v) is 6.39. The van der Waals surface area contributed by atoms with Crippen LogP contribution in [0.3, 0.4) is 0 Å². The van der Waals surface area contributed by atoms with Crippen molar-refractivity contribution in [1.29, 1.82) is 0 Å². The van der Waals surface area contributed by atoms with Crippen LogP contribution in [0.5, 0.6) is 0 Å². The lowest BCUT2D eigenvalue weighted by molar-refractivity contribution is 0.0112. The molecule has 0 aromatic carbocycles. The van der Waals surface area contributed by atoms with Gasteiger partial charge in [-0.3, -0.25) is 0 Å². The summed E-state index contributed by atoms with van der Waals surface area (Å²) in [5.74, 6) is 1.36. The third-order valence-electron chi connectivity index (χ3n) is 3.34. The number of nitrogens with zero attached hydrogens (tertiary/aromatic N) is 3. The average molecular weight is 247 g/mol. The largest absolute Gasteiger partial charge is 0.382 e. The molecule has 6 heteroatoms. The smallest absolute Gasteiger partial charge is 0.183 e. The van der Waals surface area contributed by atoms with Crippen LogP contribution in [0.4, 0.5) is 5.82 Å². The van der Waals surface area contributed by atoms with Crippen molar-refractivity contribution in [3.63, 3.8) is 0 Å². The molecule has 0 radical (unpaired) electrons. The number of hydrogen-bond acceptors (Lipinski definition) is 5. The predicted molar refractivity (Wildman–Crippen MR) is 68.0 cm³/mol. The molecule has 96 valence electrons. The quantitative estimate of drug-likeness (QED) is 0.856. The second-order valence-electron chi connectivity index (χ2n) is 4.67. The molecule has 0 saturated carbocycles. The van der Waals surface area contributed by atoms with E-state index in [1.54, 1.807) is 0 Å². The highest BCUT2D eigenvalue weighted by Gasteiger charge is 2.15. The van der Waals surface area contributed by atoms with Crippen LogP contribution in [0.1, 0.15) is 31.5 Å². The molecule has 2 aromatic heterocycles. The van der Waals surface area contributed by atoms with Crippen molar-refractivity contribution in [2.45, 2.75) is 38.2 Å². The van der Waals surface area contributed by atoms with Crippen molar-refractivity contribution in [3.05, 3.63) is 12.2 Å². The molecule has 1 saturated heterocycles. The number of nitrogens with one attached hydrogen (secondary N) is 1. The highest BCUT2D eigenvalue weighted by molar-refractivity contribution is 5.80. The number of rotatable bonds is 3. The zero-order chi connectivity index (χ0) is 12.4. The van der Waals surface area contributed by atoms with Crippen LogP contribution in [0, 0.1) is 0 Å². The van der Waals surface area contributed by atoms with Crippen molar-refractivity contribution < 1.29 is 4.74 Å². The van der Waals surface area contributed by atoms with Gasteiger partial charge in [0.1, 0.15) is 17.7 Å². The Labute approximate surface area is 105 Å². The Bertz CT molecular complexity index is 532. The Hall–Kier alpha value is -1.69. The zero-order valence-corrected chi connectivity index (χ0v) is 10.2. The minimum Gasteiger partial charge on any atom is -0.382 e. The van der Waals surface area contributed by atoms with Crippen LogP contribution in [0.2, 0.25) is 0 Å². The van der Waals surface area contributed by atoms with Crippen molar-refractivity contribution >= 4 is 17.0 Å². The van der Waals surface area contributed by atoms with Gasteiger partial charge >= 0.3 is 0 Å². The van der Waals surface area contributed by atoms with E-state index >= 15 is 0 Å². The minimum atomic E-state index is 0.371. The monoisotopic (exact) mass is 247 g/mol. The molecule has 3 rings (SSSR count).